The Bertz CT molecular complexity index is 524. The summed E-state index contributed by atoms with van der Waals surface area (Å²) < 4.78 is 0. The van der Waals surface area contributed by atoms with Crippen molar-refractivity contribution in [2.45, 2.75) is 57.5 Å². The smallest absolute Gasteiger partial charge is 0.0643 e. The maximum Gasteiger partial charge on any atom is 0.0643 e. The molecule has 0 radical (unpaired) electrons. The quantitative estimate of drug-likeness (QED) is 0.797. The molecule has 1 unspecified atom stereocenters. The van der Waals surface area contributed by atoms with Gasteiger partial charge in [-0.2, -0.15) is 0 Å². The molecule has 0 bridgehead atoms. The van der Waals surface area contributed by atoms with Crippen molar-refractivity contribution in [2.24, 2.45) is 0 Å². The van der Waals surface area contributed by atoms with Gasteiger partial charge in [0.05, 0.1) is 10.7 Å². The number of hydrogen-bond acceptors (Lipinski definition) is 2. The highest BCUT2D eigenvalue weighted by Crippen LogP contribution is 2.38. The molecule has 1 aliphatic carbocycles. The second-order valence-corrected chi connectivity index (χ2v) is 7.57. The van der Waals surface area contributed by atoms with Gasteiger partial charge in [0.25, 0.3) is 0 Å². The first-order valence-corrected chi connectivity index (χ1v) is 8.74. The lowest BCUT2D eigenvalue weighted by molar-refractivity contribution is 0.200. The fourth-order valence-electron chi connectivity index (χ4n) is 3.75. The van der Waals surface area contributed by atoms with Crippen LogP contribution < -0.4 is 10.2 Å². The third kappa shape index (κ3) is 3.04. The summed E-state index contributed by atoms with van der Waals surface area (Å²) in [4.78, 5) is 2.45. The summed E-state index contributed by atoms with van der Waals surface area (Å²) in [5.41, 5.74) is 2.40. The minimum absolute atomic E-state index is 0.269. The predicted molar refractivity (Wildman–Crippen MR) is 91.8 cm³/mol. The molecule has 2 fully saturated rings. The molecule has 1 saturated heterocycles. The van der Waals surface area contributed by atoms with Gasteiger partial charge < -0.3 is 10.2 Å². The third-order valence-corrected chi connectivity index (χ3v) is 5.84. The highest BCUT2D eigenvalue weighted by Gasteiger charge is 2.39. The molecule has 4 heteroatoms. The maximum absolute atomic E-state index is 6.51. The Morgan fingerprint density at radius 2 is 1.86 bits per heavy atom. The van der Waals surface area contributed by atoms with E-state index in [1.165, 1.54) is 32.1 Å². The second kappa shape index (κ2) is 5.98. The SMILES string of the molecule is Cc1cc(Cl)c(N2CC3(CCCCC3)NCC2C)cc1Cl. The van der Waals surface area contributed by atoms with Crippen molar-refractivity contribution in [3.05, 3.63) is 27.7 Å². The molecule has 0 amide bonds. The second-order valence-electron chi connectivity index (χ2n) is 6.75. The average molecular weight is 327 g/mol. The molecule has 1 aromatic carbocycles. The van der Waals surface area contributed by atoms with Crippen molar-refractivity contribution in [3.63, 3.8) is 0 Å². The predicted octanol–water partition coefficient (Wildman–Crippen LogP) is 4.80. The summed E-state index contributed by atoms with van der Waals surface area (Å²) >= 11 is 12.8. The van der Waals surface area contributed by atoms with Crippen LogP contribution in [0.15, 0.2) is 12.1 Å². The van der Waals surface area contributed by atoms with Gasteiger partial charge in [-0.05, 0) is 44.4 Å². The molecule has 21 heavy (non-hydrogen) atoms. The molecule has 1 aliphatic heterocycles. The molecule has 3 rings (SSSR count). The van der Waals surface area contributed by atoms with Gasteiger partial charge in [-0.15, -0.1) is 0 Å². The molecule has 1 saturated carbocycles. The Balaban J connectivity index is 1.90. The van der Waals surface area contributed by atoms with Crippen molar-refractivity contribution in [2.75, 3.05) is 18.0 Å². The molecule has 116 valence electrons. The van der Waals surface area contributed by atoms with Crippen molar-refractivity contribution >= 4 is 28.9 Å². The van der Waals surface area contributed by atoms with Gasteiger partial charge in [0.1, 0.15) is 0 Å². The van der Waals surface area contributed by atoms with Gasteiger partial charge in [-0.3, -0.25) is 0 Å². The van der Waals surface area contributed by atoms with Crippen LogP contribution in [-0.2, 0) is 0 Å². The van der Waals surface area contributed by atoms with Crippen LogP contribution in [0, 0.1) is 6.92 Å². The summed E-state index contributed by atoms with van der Waals surface area (Å²) in [7, 11) is 0. The molecule has 1 N–H and O–H groups in total. The monoisotopic (exact) mass is 326 g/mol. The zero-order valence-corrected chi connectivity index (χ0v) is 14.4. The first-order valence-electron chi connectivity index (χ1n) is 7.98. The lowest BCUT2D eigenvalue weighted by Gasteiger charge is -2.50. The number of halogens is 2. The summed E-state index contributed by atoms with van der Waals surface area (Å²) in [6.07, 6.45) is 6.58. The lowest BCUT2D eigenvalue weighted by atomic mass is 9.79. The summed E-state index contributed by atoms with van der Waals surface area (Å²) in [5.74, 6) is 0. The number of benzene rings is 1. The van der Waals surface area contributed by atoms with Crippen LogP contribution in [0.5, 0.6) is 0 Å². The number of rotatable bonds is 1. The van der Waals surface area contributed by atoms with E-state index in [1.807, 2.05) is 19.1 Å². The largest absolute Gasteiger partial charge is 0.364 e. The fraction of sp³-hybridized carbons (Fsp3) is 0.647. The molecule has 1 heterocycles. The zero-order chi connectivity index (χ0) is 15.0. The highest BCUT2D eigenvalue weighted by atomic mass is 35.5. The van der Waals surface area contributed by atoms with E-state index in [4.69, 9.17) is 23.2 Å². The molecule has 1 aromatic rings. The molecule has 2 nitrogen and oxygen atoms in total. The van der Waals surface area contributed by atoms with Gasteiger partial charge in [0.2, 0.25) is 0 Å². The lowest BCUT2D eigenvalue weighted by Crippen LogP contribution is -2.64. The summed E-state index contributed by atoms with van der Waals surface area (Å²) in [6.45, 7) is 6.31. The normalized spacial score (nSPS) is 25.3. The maximum atomic E-state index is 6.51. The summed E-state index contributed by atoms with van der Waals surface area (Å²) in [5, 5.41) is 5.43. The first-order chi connectivity index (χ1) is 10.0. The van der Waals surface area contributed by atoms with Crippen LogP contribution >= 0.6 is 23.2 Å². The van der Waals surface area contributed by atoms with Crippen LogP contribution in [0.2, 0.25) is 10.0 Å². The van der Waals surface area contributed by atoms with Gasteiger partial charge in [0.15, 0.2) is 0 Å². The molecule has 0 aromatic heterocycles. The minimum atomic E-state index is 0.269. The van der Waals surface area contributed by atoms with E-state index >= 15 is 0 Å². The topological polar surface area (TPSA) is 15.3 Å². The Morgan fingerprint density at radius 1 is 1.14 bits per heavy atom. The Kier molecular flexibility index (Phi) is 4.40. The van der Waals surface area contributed by atoms with E-state index < -0.39 is 0 Å². The number of nitrogens with zero attached hydrogens (tertiary/aromatic N) is 1. The van der Waals surface area contributed by atoms with Crippen LogP contribution in [0.3, 0.4) is 0 Å². The third-order valence-electron chi connectivity index (χ3n) is 5.13. The molecule has 1 spiro atoms. The minimum Gasteiger partial charge on any atom is -0.364 e. The number of nitrogens with one attached hydrogen (secondary N) is 1. The van der Waals surface area contributed by atoms with E-state index in [-0.39, 0.29) is 5.54 Å². The Morgan fingerprint density at radius 3 is 2.57 bits per heavy atom. The fourth-order valence-corrected chi connectivity index (χ4v) is 4.24. The van der Waals surface area contributed by atoms with E-state index in [0.717, 1.165) is 34.4 Å². The van der Waals surface area contributed by atoms with Crippen molar-refractivity contribution in [3.8, 4) is 0 Å². The van der Waals surface area contributed by atoms with E-state index in [2.05, 4.69) is 17.1 Å². The Hall–Kier alpha value is -0.440. The average Bonchev–Trinajstić information content (AvgIpc) is 2.47. The van der Waals surface area contributed by atoms with E-state index in [0.29, 0.717) is 6.04 Å². The number of piperazine rings is 1. The van der Waals surface area contributed by atoms with Crippen LogP contribution in [0.4, 0.5) is 5.69 Å². The first kappa shape index (κ1) is 15.5. The van der Waals surface area contributed by atoms with Crippen LogP contribution in [0.1, 0.15) is 44.6 Å². The zero-order valence-electron chi connectivity index (χ0n) is 12.9. The van der Waals surface area contributed by atoms with Crippen LogP contribution in [0.25, 0.3) is 0 Å². The number of aryl methyl sites for hydroxylation is 1. The van der Waals surface area contributed by atoms with E-state index in [9.17, 15) is 0 Å². The Labute approximate surface area is 137 Å². The molecular weight excluding hydrogens is 303 g/mol. The standard InChI is InChI=1S/C17H24Cl2N2/c1-12-8-15(19)16(9-14(12)18)21-11-17(20-10-13(21)2)6-4-3-5-7-17/h8-9,13,20H,3-7,10-11H2,1-2H3. The highest BCUT2D eigenvalue weighted by molar-refractivity contribution is 6.35. The van der Waals surface area contributed by atoms with Crippen molar-refractivity contribution in [1.29, 1.82) is 0 Å². The number of anilines is 1. The molecule has 2 aliphatic rings. The van der Waals surface area contributed by atoms with Gasteiger partial charge >= 0.3 is 0 Å². The van der Waals surface area contributed by atoms with Gasteiger partial charge in [-0.25, -0.2) is 0 Å². The van der Waals surface area contributed by atoms with E-state index in [1.54, 1.807) is 0 Å². The van der Waals surface area contributed by atoms with Crippen molar-refractivity contribution in [1.82, 2.24) is 5.32 Å². The molecular formula is C17H24Cl2N2. The summed E-state index contributed by atoms with van der Waals surface area (Å²) in [6, 6.07) is 4.47. The van der Waals surface area contributed by atoms with Gasteiger partial charge in [0, 0.05) is 29.7 Å². The van der Waals surface area contributed by atoms with Gasteiger partial charge in [-0.1, -0.05) is 42.5 Å². The van der Waals surface area contributed by atoms with Crippen molar-refractivity contribution < 1.29 is 0 Å². The number of hydrogen-bond donors (Lipinski definition) is 1. The molecule has 1 atom stereocenters. The van der Waals surface area contributed by atoms with Crippen LogP contribution in [-0.4, -0.2) is 24.7 Å².